The van der Waals surface area contributed by atoms with Crippen LogP contribution >= 0.6 is 0 Å². The fourth-order valence-corrected chi connectivity index (χ4v) is 1.60. The summed E-state index contributed by atoms with van der Waals surface area (Å²) in [6.45, 7) is 1.90. The summed E-state index contributed by atoms with van der Waals surface area (Å²) in [4.78, 5) is 8.08. The molecular formula is C13H16N4O2. The Balaban J connectivity index is 2.34. The molecule has 2 aromatic rings. The number of nitrogens with zero attached hydrogens (tertiary/aromatic N) is 2. The molecule has 19 heavy (non-hydrogen) atoms. The van der Waals surface area contributed by atoms with Crippen LogP contribution in [0, 0.1) is 6.92 Å². The number of hydrogen-bond acceptors (Lipinski definition) is 6. The fourth-order valence-electron chi connectivity index (χ4n) is 1.60. The van der Waals surface area contributed by atoms with E-state index in [1.807, 2.05) is 19.1 Å². The van der Waals surface area contributed by atoms with Crippen LogP contribution in [0.25, 0.3) is 0 Å². The maximum atomic E-state index is 5.58. The predicted octanol–water partition coefficient (Wildman–Crippen LogP) is 2.13. The van der Waals surface area contributed by atoms with Gasteiger partial charge < -0.3 is 20.5 Å². The maximum Gasteiger partial charge on any atom is 0.221 e. The summed E-state index contributed by atoms with van der Waals surface area (Å²) in [6.07, 6.45) is 1.67. The first-order valence-corrected chi connectivity index (χ1v) is 5.71. The molecule has 0 atom stereocenters. The van der Waals surface area contributed by atoms with Gasteiger partial charge in [-0.25, -0.2) is 4.98 Å². The highest BCUT2D eigenvalue weighted by Gasteiger charge is 2.06. The van der Waals surface area contributed by atoms with Crippen molar-refractivity contribution in [2.24, 2.45) is 0 Å². The number of aromatic nitrogens is 2. The van der Waals surface area contributed by atoms with Gasteiger partial charge in [0.25, 0.3) is 0 Å². The third-order valence-corrected chi connectivity index (χ3v) is 2.60. The minimum absolute atomic E-state index is 0.225. The number of benzene rings is 1. The Bertz CT molecular complexity index is 565. The molecule has 6 nitrogen and oxygen atoms in total. The number of nitrogens with two attached hydrogens (primary N) is 1. The van der Waals surface area contributed by atoms with E-state index in [9.17, 15) is 0 Å². The van der Waals surface area contributed by atoms with Crippen molar-refractivity contribution in [3.63, 3.8) is 0 Å². The van der Waals surface area contributed by atoms with Gasteiger partial charge in [-0.15, -0.1) is 0 Å². The van der Waals surface area contributed by atoms with Crippen molar-refractivity contribution in [3.05, 3.63) is 30.0 Å². The Kier molecular flexibility index (Phi) is 3.70. The summed E-state index contributed by atoms with van der Waals surface area (Å²) < 4.78 is 10.4. The molecule has 0 amide bonds. The van der Waals surface area contributed by atoms with Gasteiger partial charge in [0.1, 0.15) is 17.3 Å². The maximum absolute atomic E-state index is 5.58. The number of nitrogens with one attached hydrogen (secondary N) is 1. The number of hydrogen-bond donors (Lipinski definition) is 2. The van der Waals surface area contributed by atoms with Gasteiger partial charge in [0.15, 0.2) is 0 Å². The van der Waals surface area contributed by atoms with Gasteiger partial charge in [0.05, 0.1) is 14.2 Å². The minimum Gasteiger partial charge on any atom is -0.497 e. The average molecular weight is 260 g/mol. The van der Waals surface area contributed by atoms with Crippen LogP contribution in [-0.2, 0) is 0 Å². The molecule has 0 spiro atoms. The zero-order chi connectivity index (χ0) is 13.8. The van der Waals surface area contributed by atoms with E-state index in [0.29, 0.717) is 17.3 Å². The Hall–Kier alpha value is -2.50. The van der Waals surface area contributed by atoms with E-state index in [1.54, 1.807) is 26.5 Å². The van der Waals surface area contributed by atoms with Gasteiger partial charge in [0, 0.05) is 35.6 Å². The van der Waals surface area contributed by atoms with E-state index in [4.69, 9.17) is 15.2 Å². The van der Waals surface area contributed by atoms with Crippen molar-refractivity contribution in [1.82, 2.24) is 9.97 Å². The standard InChI is InChI=1S/C13H16N4O2/c1-8-7-15-13(14)17-12(8)16-9-4-10(18-2)6-11(5-9)19-3/h4-7H,1-3H3,(H3,14,15,16,17). The fraction of sp³-hybridized carbons (Fsp3) is 0.231. The van der Waals surface area contributed by atoms with Crippen LogP contribution in [0.5, 0.6) is 11.5 Å². The molecule has 0 aliphatic carbocycles. The van der Waals surface area contributed by atoms with Crippen LogP contribution in [-0.4, -0.2) is 24.2 Å². The van der Waals surface area contributed by atoms with E-state index < -0.39 is 0 Å². The van der Waals surface area contributed by atoms with Gasteiger partial charge in [-0.05, 0) is 6.92 Å². The van der Waals surface area contributed by atoms with Gasteiger partial charge in [-0.3, -0.25) is 0 Å². The molecule has 0 aliphatic heterocycles. The van der Waals surface area contributed by atoms with Crippen molar-refractivity contribution >= 4 is 17.5 Å². The highest BCUT2D eigenvalue weighted by atomic mass is 16.5. The first-order valence-electron chi connectivity index (χ1n) is 5.71. The first-order chi connectivity index (χ1) is 9.12. The topological polar surface area (TPSA) is 82.3 Å². The number of aryl methyl sites for hydroxylation is 1. The van der Waals surface area contributed by atoms with E-state index in [2.05, 4.69) is 15.3 Å². The predicted molar refractivity (Wildman–Crippen MR) is 74.0 cm³/mol. The second-order valence-electron chi connectivity index (χ2n) is 3.99. The summed E-state index contributed by atoms with van der Waals surface area (Å²) in [5.41, 5.74) is 7.28. The van der Waals surface area contributed by atoms with Crippen LogP contribution in [0.1, 0.15) is 5.56 Å². The van der Waals surface area contributed by atoms with Gasteiger partial charge in [-0.2, -0.15) is 4.98 Å². The van der Waals surface area contributed by atoms with Crippen molar-refractivity contribution < 1.29 is 9.47 Å². The molecule has 0 fully saturated rings. The molecule has 0 saturated carbocycles. The lowest BCUT2D eigenvalue weighted by Crippen LogP contribution is -2.02. The number of nitrogen functional groups attached to an aromatic ring is 1. The molecule has 1 heterocycles. The van der Waals surface area contributed by atoms with Crippen LogP contribution in [0.4, 0.5) is 17.5 Å². The number of rotatable bonds is 4. The molecule has 1 aromatic carbocycles. The lowest BCUT2D eigenvalue weighted by Gasteiger charge is -2.11. The van der Waals surface area contributed by atoms with Gasteiger partial charge in [-0.1, -0.05) is 0 Å². The Labute approximate surface area is 111 Å². The van der Waals surface area contributed by atoms with E-state index in [0.717, 1.165) is 11.3 Å². The smallest absolute Gasteiger partial charge is 0.221 e. The SMILES string of the molecule is COc1cc(Nc2nc(N)ncc2C)cc(OC)c1. The molecule has 100 valence electrons. The van der Waals surface area contributed by atoms with Crippen LogP contribution in [0.2, 0.25) is 0 Å². The van der Waals surface area contributed by atoms with Crippen LogP contribution in [0.3, 0.4) is 0 Å². The quantitative estimate of drug-likeness (QED) is 0.876. The number of ether oxygens (including phenoxy) is 2. The average Bonchev–Trinajstić information content (AvgIpc) is 2.42. The highest BCUT2D eigenvalue weighted by Crippen LogP contribution is 2.28. The Morgan fingerprint density at radius 1 is 1.11 bits per heavy atom. The summed E-state index contributed by atoms with van der Waals surface area (Å²) in [6, 6.07) is 5.49. The third kappa shape index (κ3) is 3.04. The molecule has 0 aliphatic rings. The molecule has 2 rings (SSSR count). The normalized spacial score (nSPS) is 10.1. The van der Waals surface area contributed by atoms with Crippen molar-refractivity contribution in [2.75, 3.05) is 25.3 Å². The Morgan fingerprint density at radius 3 is 2.32 bits per heavy atom. The monoisotopic (exact) mass is 260 g/mol. The van der Waals surface area contributed by atoms with Crippen LogP contribution in [0.15, 0.2) is 24.4 Å². The van der Waals surface area contributed by atoms with E-state index in [-0.39, 0.29) is 5.95 Å². The zero-order valence-electron chi connectivity index (χ0n) is 11.1. The second-order valence-corrected chi connectivity index (χ2v) is 3.99. The van der Waals surface area contributed by atoms with Crippen LogP contribution < -0.4 is 20.5 Å². The van der Waals surface area contributed by atoms with E-state index in [1.165, 1.54) is 0 Å². The first kappa shape index (κ1) is 12.9. The highest BCUT2D eigenvalue weighted by molar-refractivity contribution is 5.63. The molecular weight excluding hydrogens is 244 g/mol. The number of anilines is 3. The molecule has 0 unspecified atom stereocenters. The molecule has 3 N–H and O–H groups in total. The second kappa shape index (κ2) is 5.43. The van der Waals surface area contributed by atoms with Crippen molar-refractivity contribution in [3.8, 4) is 11.5 Å². The summed E-state index contributed by atoms with van der Waals surface area (Å²) in [7, 11) is 3.21. The molecule has 0 bridgehead atoms. The molecule has 6 heteroatoms. The number of methoxy groups -OCH3 is 2. The van der Waals surface area contributed by atoms with Gasteiger partial charge in [0.2, 0.25) is 5.95 Å². The van der Waals surface area contributed by atoms with Crippen molar-refractivity contribution in [2.45, 2.75) is 6.92 Å². The lowest BCUT2D eigenvalue weighted by atomic mass is 10.2. The molecule has 0 saturated heterocycles. The zero-order valence-corrected chi connectivity index (χ0v) is 11.1. The lowest BCUT2D eigenvalue weighted by molar-refractivity contribution is 0.395. The minimum atomic E-state index is 0.225. The summed E-state index contributed by atoms with van der Waals surface area (Å²) >= 11 is 0. The van der Waals surface area contributed by atoms with Gasteiger partial charge >= 0.3 is 0 Å². The summed E-state index contributed by atoms with van der Waals surface area (Å²) in [5.74, 6) is 2.27. The van der Waals surface area contributed by atoms with E-state index >= 15 is 0 Å². The molecule has 0 radical (unpaired) electrons. The summed E-state index contributed by atoms with van der Waals surface area (Å²) in [5, 5.41) is 3.17. The Morgan fingerprint density at radius 2 is 1.74 bits per heavy atom. The third-order valence-electron chi connectivity index (χ3n) is 2.60. The largest absolute Gasteiger partial charge is 0.497 e. The molecule has 1 aromatic heterocycles. The van der Waals surface area contributed by atoms with Crippen molar-refractivity contribution in [1.29, 1.82) is 0 Å².